The van der Waals surface area contributed by atoms with Gasteiger partial charge in [0.15, 0.2) is 0 Å². The van der Waals surface area contributed by atoms with E-state index in [1.54, 1.807) is 28.9 Å². The van der Waals surface area contributed by atoms with Gasteiger partial charge in [-0.15, -0.1) is 0 Å². The van der Waals surface area contributed by atoms with E-state index in [9.17, 15) is 13.2 Å². The van der Waals surface area contributed by atoms with Crippen LogP contribution in [0, 0.1) is 12.7 Å². The summed E-state index contributed by atoms with van der Waals surface area (Å²) < 4.78 is 44.2. The minimum absolute atomic E-state index is 0.210. The fourth-order valence-electron chi connectivity index (χ4n) is 5.07. The number of hydrogen-bond acceptors (Lipinski definition) is 4. The highest BCUT2D eigenvalue weighted by Crippen LogP contribution is 2.31. The molecule has 0 atom stereocenters. The van der Waals surface area contributed by atoms with Gasteiger partial charge in [-0.05, 0) is 68.3 Å². The van der Waals surface area contributed by atoms with Gasteiger partial charge in [0, 0.05) is 30.2 Å². The number of fused-ring (bicyclic) bond motifs is 2. The molecule has 0 unspecified atom stereocenters. The molecule has 1 aliphatic rings. The first-order valence-electron chi connectivity index (χ1n) is 12.0. The SMILES string of the molecule is Cc1nn(-c2cccc(F)c2)c2ccc(NC3CCN(c4nc5ccccc5n4C(F)F)CC3)cc12. The Morgan fingerprint density at radius 2 is 1.75 bits per heavy atom. The molecule has 3 aromatic carbocycles. The molecule has 1 aliphatic heterocycles. The summed E-state index contributed by atoms with van der Waals surface area (Å²) in [7, 11) is 0. The van der Waals surface area contributed by atoms with E-state index in [1.807, 2.05) is 36.1 Å². The normalized spacial score (nSPS) is 14.9. The summed E-state index contributed by atoms with van der Waals surface area (Å²) in [4.78, 5) is 6.44. The molecule has 0 bridgehead atoms. The van der Waals surface area contributed by atoms with Crippen molar-refractivity contribution in [1.82, 2.24) is 19.3 Å². The van der Waals surface area contributed by atoms with Crippen LogP contribution in [0.15, 0.2) is 66.7 Å². The minimum Gasteiger partial charge on any atom is -0.382 e. The summed E-state index contributed by atoms with van der Waals surface area (Å²) in [6, 6.07) is 19.7. The van der Waals surface area contributed by atoms with Crippen molar-refractivity contribution in [3.05, 3.63) is 78.2 Å². The van der Waals surface area contributed by atoms with Crippen molar-refractivity contribution in [2.24, 2.45) is 0 Å². The van der Waals surface area contributed by atoms with Crippen LogP contribution in [0.25, 0.3) is 27.6 Å². The third kappa shape index (κ3) is 3.94. The molecule has 0 aliphatic carbocycles. The molecular weight excluding hydrogens is 465 g/mol. The Kier molecular flexibility index (Phi) is 5.55. The van der Waals surface area contributed by atoms with Crippen LogP contribution in [0.4, 0.5) is 24.8 Å². The van der Waals surface area contributed by atoms with Crippen molar-refractivity contribution in [2.75, 3.05) is 23.3 Å². The Morgan fingerprint density at radius 1 is 0.944 bits per heavy atom. The summed E-state index contributed by atoms with van der Waals surface area (Å²) in [6.45, 7) is 0.556. The first-order valence-corrected chi connectivity index (χ1v) is 12.0. The Morgan fingerprint density at radius 3 is 2.53 bits per heavy atom. The number of para-hydroxylation sites is 2. The number of aromatic nitrogens is 4. The average Bonchev–Trinajstić information content (AvgIpc) is 3.43. The second kappa shape index (κ2) is 8.89. The maximum Gasteiger partial charge on any atom is 0.321 e. The standard InChI is InChI=1S/C27H25F3N6/c1-17-22-16-20(9-10-24(22)36(33-17)21-6-4-5-18(28)15-21)31-19-11-13-34(14-12-19)27-32-23-7-2-3-8-25(23)35(27)26(29)30/h2-10,15-16,19,26,31H,11-14H2,1H3. The van der Waals surface area contributed by atoms with Crippen molar-refractivity contribution in [2.45, 2.75) is 32.4 Å². The zero-order valence-electron chi connectivity index (χ0n) is 19.7. The van der Waals surface area contributed by atoms with Crippen molar-refractivity contribution in [1.29, 1.82) is 0 Å². The molecule has 1 fully saturated rings. The molecule has 9 heteroatoms. The molecule has 0 saturated carbocycles. The number of anilines is 2. The molecule has 3 heterocycles. The highest BCUT2D eigenvalue weighted by atomic mass is 19.3. The molecule has 6 nitrogen and oxygen atoms in total. The average molecular weight is 491 g/mol. The third-order valence-corrected chi connectivity index (χ3v) is 6.84. The second-order valence-corrected chi connectivity index (χ2v) is 9.16. The summed E-state index contributed by atoms with van der Waals surface area (Å²) in [5.74, 6) is 0.0222. The second-order valence-electron chi connectivity index (χ2n) is 9.16. The Balaban J connectivity index is 1.19. The number of rotatable bonds is 5. The van der Waals surface area contributed by atoms with E-state index in [2.05, 4.69) is 21.5 Å². The van der Waals surface area contributed by atoms with Gasteiger partial charge in [-0.1, -0.05) is 18.2 Å². The van der Waals surface area contributed by atoms with Crippen LogP contribution in [0.1, 0.15) is 25.1 Å². The summed E-state index contributed by atoms with van der Waals surface area (Å²) >= 11 is 0. The molecule has 0 amide bonds. The van der Waals surface area contributed by atoms with Gasteiger partial charge in [0.05, 0.1) is 27.9 Å². The van der Waals surface area contributed by atoms with E-state index in [0.717, 1.165) is 39.7 Å². The van der Waals surface area contributed by atoms with Crippen LogP contribution >= 0.6 is 0 Å². The minimum atomic E-state index is -2.65. The van der Waals surface area contributed by atoms with Crippen LogP contribution in [0.2, 0.25) is 0 Å². The molecular formula is C27H25F3N6. The van der Waals surface area contributed by atoms with Gasteiger partial charge in [0.2, 0.25) is 5.95 Å². The zero-order valence-corrected chi connectivity index (χ0v) is 19.7. The number of benzene rings is 3. The number of alkyl halides is 2. The van der Waals surface area contributed by atoms with Crippen LogP contribution < -0.4 is 10.2 Å². The Labute approximate surface area is 206 Å². The molecule has 36 heavy (non-hydrogen) atoms. The number of nitrogens with zero attached hydrogens (tertiary/aromatic N) is 5. The lowest BCUT2D eigenvalue weighted by Gasteiger charge is -2.33. The zero-order chi connectivity index (χ0) is 24.8. The van der Waals surface area contributed by atoms with Gasteiger partial charge >= 0.3 is 6.55 Å². The van der Waals surface area contributed by atoms with Crippen molar-refractivity contribution < 1.29 is 13.2 Å². The van der Waals surface area contributed by atoms with Gasteiger partial charge < -0.3 is 10.2 Å². The summed E-state index contributed by atoms with van der Waals surface area (Å²) in [5.41, 5.74) is 4.45. The van der Waals surface area contributed by atoms with Crippen LogP contribution in [0.3, 0.4) is 0 Å². The molecule has 1 saturated heterocycles. The maximum absolute atomic E-state index is 13.9. The fraction of sp³-hybridized carbons (Fsp3) is 0.259. The van der Waals surface area contributed by atoms with Crippen LogP contribution in [-0.2, 0) is 0 Å². The van der Waals surface area contributed by atoms with Gasteiger partial charge in [0.1, 0.15) is 5.82 Å². The molecule has 1 N–H and O–H groups in total. The predicted octanol–water partition coefficient (Wildman–Crippen LogP) is 6.30. The number of halogens is 3. The van der Waals surface area contributed by atoms with Gasteiger partial charge in [-0.2, -0.15) is 13.9 Å². The van der Waals surface area contributed by atoms with E-state index < -0.39 is 6.55 Å². The number of imidazole rings is 1. The van der Waals surface area contributed by atoms with Crippen molar-refractivity contribution >= 4 is 33.6 Å². The lowest BCUT2D eigenvalue weighted by Crippen LogP contribution is -2.40. The number of nitrogens with one attached hydrogen (secondary N) is 1. The third-order valence-electron chi connectivity index (χ3n) is 6.84. The lowest BCUT2D eigenvalue weighted by molar-refractivity contribution is 0.0757. The van der Waals surface area contributed by atoms with Crippen molar-refractivity contribution in [3.8, 4) is 5.69 Å². The highest BCUT2D eigenvalue weighted by molar-refractivity contribution is 5.86. The number of aryl methyl sites for hydroxylation is 1. The van der Waals surface area contributed by atoms with E-state index in [4.69, 9.17) is 0 Å². The lowest BCUT2D eigenvalue weighted by atomic mass is 10.0. The summed E-state index contributed by atoms with van der Waals surface area (Å²) in [6.07, 6.45) is 1.60. The molecule has 2 aromatic heterocycles. The largest absolute Gasteiger partial charge is 0.382 e. The van der Waals surface area contributed by atoms with E-state index in [0.29, 0.717) is 35.8 Å². The van der Waals surface area contributed by atoms with Gasteiger partial charge in [-0.25, -0.2) is 14.1 Å². The predicted molar refractivity (Wildman–Crippen MR) is 136 cm³/mol. The smallest absolute Gasteiger partial charge is 0.321 e. The van der Waals surface area contributed by atoms with E-state index in [1.165, 1.54) is 12.1 Å². The molecule has 0 spiro atoms. The number of hydrogen-bond donors (Lipinski definition) is 1. The Hall–Kier alpha value is -4.01. The topological polar surface area (TPSA) is 50.9 Å². The first-order chi connectivity index (χ1) is 17.5. The first kappa shape index (κ1) is 22.5. The monoisotopic (exact) mass is 490 g/mol. The van der Waals surface area contributed by atoms with Crippen LogP contribution in [0.5, 0.6) is 0 Å². The van der Waals surface area contributed by atoms with Crippen molar-refractivity contribution in [3.63, 3.8) is 0 Å². The van der Waals surface area contributed by atoms with E-state index in [-0.39, 0.29) is 11.9 Å². The van der Waals surface area contributed by atoms with Gasteiger partial charge in [-0.3, -0.25) is 4.57 Å². The molecule has 6 rings (SSSR count). The molecule has 0 radical (unpaired) electrons. The highest BCUT2D eigenvalue weighted by Gasteiger charge is 2.26. The molecule has 184 valence electrons. The number of piperidine rings is 1. The molecule has 5 aromatic rings. The Bertz CT molecular complexity index is 1550. The van der Waals surface area contributed by atoms with Crippen LogP contribution in [-0.4, -0.2) is 38.5 Å². The maximum atomic E-state index is 13.9. The van der Waals surface area contributed by atoms with Gasteiger partial charge in [0.25, 0.3) is 0 Å². The quantitative estimate of drug-likeness (QED) is 0.314. The fourth-order valence-corrected chi connectivity index (χ4v) is 5.07. The summed E-state index contributed by atoms with van der Waals surface area (Å²) in [5, 5.41) is 9.21. The van der Waals surface area contributed by atoms with E-state index >= 15 is 0 Å².